The van der Waals surface area contributed by atoms with E-state index in [9.17, 15) is 4.79 Å². The smallest absolute Gasteiger partial charge is 0.255 e. The van der Waals surface area contributed by atoms with Crippen LogP contribution < -0.4 is 14.8 Å². The number of carbonyl (C=O) groups is 1. The van der Waals surface area contributed by atoms with E-state index in [2.05, 4.69) is 12.2 Å². The van der Waals surface area contributed by atoms with E-state index >= 15 is 0 Å². The first-order valence-corrected chi connectivity index (χ1v) is 7.89. The second-order valence-electron chi connectivity index (χ2n) is 5.22. The topological polar surface area (TPSA) is 47.6 Å². The van der Waals surface area contributed by atoms with Gasteiger partial charge >= 0.3 is 0 Å². The van der Waals surface area contributed by atoms with Crippen LogP contribution in [0.15, 0.2) is 42.5 Å². The van der Waals surface area contributed by atoms with E-state index in [1.807, 2.05) is 31.2 Å². The Balaban J connectivity index is 2.15. The standard InChI is InChI=1S/C19H23NO3/c1-4-11-23-17-10-9-15(13-18(17)22-3)19(21)20-16-8-6-7-14(5-2)12-16/h6-10,12-13H,4-5,11H2,1-3H3,(H,20,21). The number of hydrogen-bond donors (Lipinski definition) is 1. The lowest BCUT2D eigenvalue weighted by molar-refractivity contribution is 0.102. The van der Waals surface area contributed by atoms with E-state index in [4.69, 9.17) is 9.47 Å². The lowest BCUT2D eigenvalue weighted by Crippen LogP contribution is -2.12. The number of ether oxygens (including phenoxy) is 2. The first-order valence-electron chi connectivity index (χ1n) is 7.89. The maximum Gasteiger partial charge on any atom is 0.255 e. The molecule has 2 aromatic rings. The van der Waals surface area contributed by atoms with Crippen LogP contribution in [0.2, 0.25) is 0 Å². The molecule has 23 heavy (non-hydrogen) atoms. The van der Waals surface area contributed by atoms with Gasteiger partial charge in [0.1, 0.15) is 0 Å². The fourth-order valence-corrected chi connectivity index (χ4v) is 2.21. The SMILES string of the molecule is CCCOc1ccc(C(=O)Nc2cccc(CC)c2)cc1OC. The van der Waals surface area contributed by atoms with E-state index in [0.717, 1.165) is 18.5 Å². The van der Waals surface area contributed by atoms with Crippen molar-refractivity contribution in [3.05, 3.63) is 53.6 Å². The summed E-state index contributed by atoms with van der Waals surface area (Å²) in [6.07, 6.45) is 1.85. The monoisotopic (exact) mass is 313 g/mol. The minimum atomic E-state index is -0.168. The maximum absolute atomic E-state index is 12.4. The van der Waals surface area contributed by atoms with Gasteiger partial charge in [0.25, 0.3) is 5.91 Å². The average Bonchev–Trinajstić information content (AvgIpc) is 2.59. The number of nitrogens with one attached hydrogen (secondary N) is 1. The molecule has 2 rings (SSSR count). The molecule has 0 radical (unpaired) electrons. The highest BCUT2D eigenvalue weighted by Crippen LogP contribution is 2.28. The number of aryl methyl sites for hydroxylation is 1. The third kappa shape index (κ3) is 4.49. The molecule has 4 heteroatoms. The van der Waals surface area contributed by atoms with Crippen LogP contribution in [0.5, 0.6) is 11.5 Å². The molecule has 1 N–H and O–H groups in total. The number of benzene rings is 2. The summed E-state index contributed by atoms with van der Waals surface area (Å²) in [5.41, 5.74) is 2.51. The van der Waals surface area contributed by atoms with Gasteiger partial charge in [-0.2, -0.15) is 0 Å². The zero-order valence-corrected chi connectivity index (χ0v) is 13.9. The highest BCUT2D eigenvalue weighted by Gasteiger charge is 2.11. The molecule has 0 atom stereocenters. The van der Waals surface area contributed by atoms with Gasteiger partial charge in [-0.15, -0.1) is 0 Å². The normalized spacial score (nSPS) is 10.2. The summed E-state index contributed by atoms with van der Waals surface area (Å²) in [4.78, 5) is 12.4. The van der Waals surface area contributed by atoms with Crippen molar-refractivity contribution in [3.63, 3.8) is 0 Å². The molecule has 0 aliphatic rings. The minimum Gasteiger partial charge on any atom is -0.493 e. The van der Waals surface area contributed by atoms with Crippen molar-refractivity contribution in [1.82, 2.24) is 0 Å². The van der Waals surface area contributed by atoms with Crippen LogP contribution in [0.4, 0.5) is 5.69 Å². The molecule has 122 valence electrons. The number of methoxy groups -OCH3 is 1. The Labute approximate surface area is 137 Å². The van der Waals surface area contributed by atoms with Crippen LogP contribution in [-0.4, -0.2) is 19.6 Å². The third-order valence-corrected chi connectivity index (χ3v) is 3.48. The van der Waals surface area contributed by atoms with Crippen LogP contribution in [0.25, 0.3) is 0 Å². The van der Waals surface area contributed by atoms with Gasteiger partial charge in [-0.1, -0.05) is 26.0 Å². The van der Waals surface area contributed by atoms with E-state index in [1.54, 1.807) is 25.3 Å². The van der Waals surface area contributed by atoms with Crippen LogP contribution in [-0.2, 0) is 6.42 Å². The zero-order valence-electron chi connectivity index (χ0n) is 13.9. The molecule has 0 unspecified atom stereocenters. The summed E-state index contributed by atoms with van der Waals surface area (Å²) in [5.74, 6) is 1.05. The number of hydrogen-bond acceptors (Lipinski definition) is 3. The third-order valence-electron chi connectivity index (χ3n) is 3.48. The van der Waals surface area contributed by atoms with E-state index in [0.29, 0.717) is 23.7 Å². The van der Waals surface area contributed by atoms with Gasteiger partial charge < -0.3 is 14.8 Å². The largest absolute Gasteiger partial charge is 0.493 e. The summed E-state index contributed by atoms with van der Waals surface area (Å²) in [6, 6.07) is 13.1. The van der Waals surface area contributed by atoms with Crippen molar-refractivity contribution in [2.24, 2.45) is 0 Å². The van der Waals surface area contributed by atoms with Gasteiger partial charge in [0, 0.05) is 11.3 Å². The Kier molecular flexibility index (Phi) is 6.03. The molecule has 0 saturated carbocycles. The summed E-state index contributed by atoms with van der Waals surface area (Å²) in [7, 11) is 1.57. The highest BCUT2D eigenvalue weighted by atomic mass is 16.5. The van der Waals surface area contributed by atoms with Crippen molar-refractivity contribution in [2.45, 2.75) is 26.7 Å². The van der Waals surface area contributed by atoms with Gasteiger partial charge in [-0.25, -0.2) is 0 Å². The molecule has 0 aliphatic heterocycles. The summed E-state index contributed by atoms with van der Waals surface area (Å²) in [5, 5.41) is 2.91. The van der Waals surface area contributed by atoms with Gasteiger partial charge in [-0.05, 0) is 48.7 Å². The second kappa shape index (κ2) is 8.22. The molecule has 1 amide bonds. The Bertz CT molecular complexity index is 667. The predicted octanol–water partition coefficient (Wildman–Crippen LogP) is 4.30. The van der Waals surface area contributed by atoms with Crippen molar-refractivity contribution in [1.29, 1.82) is 0 Å². The quantitative estimate of drug-likeness (QED) is 0.829. The molecule has 0 heterocycles. The van der Waals surface area contributed by atoms with Crippen molar-refractivity contribution in [2.75, 3.05) is 19.0 Å². The van der Waals surface area contributed by atoms with E-state index in [1.165, 1.54) is 5.56 Å². The number of amides is 1. The molecule has 0 spiro atoms. The summed E-state index contributed by atoms with van der Waals surface area (Å²) >= 11 is 0. The molecule has 2 aromatic carbocycles. The first-order chi connectivity index (χ1) is 11.2. The molecule has 0 aromatic heterocycles. The fourth-order valence-electron chi connectivity index (χ4n) is 2.21. The highest BCUT2D eigenvalue weighted by molar-refractivity contribution is 6.04. The lowest BCUT2D eigenvalue weighted by Gasteiger charge is -2.12. The van der Waals surface area contributed by atoms with Crippen LogP contribution in [0, 0.1) is 0 Å². The minimum absolute atomic E-state index is 0.168. The molecule has 4 nitrogen and oxygen atoms in total. The first kappa shape index (κ1) is 16.9. The Hall–Kier alpha value is -2.49. The number of carbonyl (C=O) groups excluding carboxylic acids is 1. The molecule has 0 bridgehead atoms. The zero-order chi connectivity index (χ0) is 16.7. The van der Waals surface area contributed by atoms with Gasteiger partial charge in [0.2, 0.25) is 0 Å². The molecule has 0 saturated heterocycles. The van der Waals surface area contributed by atoms with Gasteiger partial charge in [0.05, 0.1) is 13.7 Å². The van der Waals surface area contributed by atoms with Gasteiger partial charge in [-0.3, -0.25) is 4.79 Å². The van der Waals surface area contributed by atoms with Crippen molar-refractivity contribution in [3.8, 4) is 11.5 Å². The Morgan fingerprint density at radius 3 is 2.61 bits per heavy atom. The Morgan fingerprint density at radius 2 is 1.91 bits per heavy atom. The number of rotatable bonds is 7. The number of anilines is 1. The maximum atomic E-state index is 12.4. The van der Waals surface area contributed by atoms with Gasteiger partial charge in [0.15, 0.2) is 11.5 Å². The second-order valence-corrected chi connectivity index (χ2v) is 5.22. The van der Waals surface area contributed by atoms with Crippen LogP contribution in [0.3, 0.4) is 0 Å². The molecular formula is C19H23NO3. The van der Waals surface area contributed by atoms with Crippen molar-refractivity contribution < 1.29 is 14.3 Å². The van der Waals surface area contributed by atoms with E-state index in [-0.39, 0.29) is 5.91 Å². The fraction of sp³-hybridized carbons (Fsp3) is 0.316. The molecule has 0 fully saturated rings. The van der Waals surface area contributed by atoms with Crippen LogP contribution >= 0.6 is 0 Å². The average molecular weight is 313 g/mol. The van der Waals surface area contributed by atoms with Crippen molar-refractivity contribution >= 4 is 11.6 Å². The Morgan fingerprint density at radius 1 is 1.09 bits per heavy atom. The predicted molar refractivity (Wildman–Crippen MR) is 92.6 cm³/mol. The summed E-state index contributed by atoms with van der Waals surface area (Å²) < 4.78 is 10.9. The summed E-state index contributed by atoms with van der Waals surface area (Å²) in [6.45, 7) is 4.74. The molecular weight excluding hydrogens is 290 g/mol. The van der Waals surface area contributed by atoms with Crippen LogP contribution in [0.1, 0.15) is 36.2 Å². The van der Waals surface area contributed by atoms with E-state index < -0.39 is 0 Å². The lowest BCUT2D eigenvalue weighted by atomic mass is 10.1. The molecule has 0 aliphatic carbocycles.